The number of amides is 2. The van der Waals surface area contributed by atoms with Gasteiger partial charge in [-0.3, -0.25) is 9.59 Å². The van der Waals surface area contributed by atoms with Crippen molar-refractivity contribution >= 4 is 23.4 Å². The second-order valence-corrected chi connectivity index (χ2v) is 5.12. The zero-order chi connectivity index (χ0) is 13.9. The topological polar surface area (TPSA) is 78.4 Å². The first-order valence-electron chi connectivity index (χ1n) is 6.00. The van der Waals surface area contributed by atoms with Crippen LogP contribution in [0.15, 0.2) is 24.3 Å². The van der Waals surface area contributed by atoms with Gasteiger partial charge in [0, 0.05) is 10.6 Å². The smallest absolute Gasteiger partial charge is 0.251 e. The van der Waals surface area contributed by atoms with Gasteiger partial charge in [-0.1, -0.05) is 17.7 Å². The van der Waals surface area contributed by atoms with E-state index in [1.165, 1.54) is 6.07 Å². The van der Waals surface area contributed by atoms with Crippen molar-refractivity contribution in [3.05, 3.63) is 34.9 Å². The van der Waals surface area contributed by atoms with E-state index in [4.69, 9.17) is 16.7 Å². The first-order valence-corrected chi connectivity index (χ1v) is 6.38. The van der Waals surface area contributed by atoms with Crippen LogP contribution in [0.25, 0.3) is 0 Å². The maximum Gasteiger partial charge on any atom is 0.251 e. The van der Waals surface area contributed by atoms with Gasteiger partial charge in [-0.2, -0.15) is 0 Å². The third-order valence-corrected chi connectivity index (χ3v) is 3.29. The molecule has 1 aromatic rings. The van der Waals surface area contributed by atoms with Crippen LogP contribution in [0.4, 0.5) is 0 Å². The second-order valence-electron chi connectivity index (χ2n) is 4.68. The van der Waals surface area contributed by atoms with Crippen LogP contribution >= 0.6 is 11.6 Å². The van der Waals surface area contributed by atoms with Gasteiger partial charge in [0.05, 0.1) is 18.7 Å². The summed E-state index contributed by atoms with van der Waals surface area (Å²) in [7, 11) is 0. The molecule has 0 atom stereocenters. The van der Waals surface area contributed by atoms with Gasteiger partial charge in [-0.05, 0) is 31.0 Å². The molecular weight excluding hydrogens is 268 g/mol. The summed E-state index contributed by atoms with van der Waals surface area (Å²) in [4.78, 5) is 23.4. The van der Waals surface area contributed by atoms with E-state index < -0.39 is 5.54 Å². The molecule has 0 heterocycles. The zero-order valence-corrected chi connectivity index (χ0v) is 11.0. The number of aliphatic hydroxyl groups excluding tert-OH is 1. The molecule has 1 fully saturated rings. The van der Waals surface area contributed by atoms with E-state index in [9.17, 15) is 9.59 Å². The average Bonchev–Trinajstić information content (AvgIpc) is 3.16. The monoisotopic (exact) mass is 282 g/mol. The summed E-state index contributed by atoms with van der Waals surface area (Å²) in [5.74, 6) is -0.659. The highest BCUT2D eigenvalue weighted by atomic mass is 35.5. The average molecular weight is 283 g/mol. The third-order valence-electron chi connectivity index (χ3n) is 3.06. The Kier molecular flexibility index (Phi) is 4.07. The van der Waals surface area contributed by atoms with Crippen molar-refractivity contribution < 1.29 is 14.7 Å². The largest absolute Gasteiger partial charge is 0.394 e. The first kappa shape index (κ1) is 13.8. The molecule has 0 spiro atoms. The van der Waals surface area contributed by atoms with Gasteiger partial charge in [0.25, 0.3) is 5.91 Å². The zero-order valence-electron chi connectivity index (χ0n) is 10.3. The number of carbonyl (C=O) groups excluding carboxylic acids is 2. The van der Waals surface area contributed by atoms with Crippen molar-refractivity contribution in [2.45, 2.75) is 18.4 Å². The molecule has 1 aromatic carbocycles. The summed E-state index contributed by atoms with van der Waals surface area (Å²) in [6, 6.07) is 6.49. The number of rotatable bonds is 5. The Labute approximate surface area is 116 Å². The fraction of sp³-hybridized carbons (Fsp3) is 0.385. The first-order chi connectivity index (χ1) is 9.04. The van der Waals surface area contributed by atoms with Crippen LogP contribution in [0.1, 0.15) is 23.2 Å². The Bertz CT molecular complexity index is 500. The number of halogens is 1. The third kappa shape index (κ3) is 3.68. The van der Waals surface area contributed by atoms with Crippen LogP contribution in [0, 0.1) is 0 Å². The van der Waals surface area contributed by atoms with Gasteiger partial charge < -0.3 is 15.7 Å². The van der Waals surface area contributed by atoms with Crippen molar-refractivity contribution in [2.24, 2.45) is 0 Å². The van der Waals surface area contributed by atoms with Gasteiger partial charge in [0.1, 0.15) is 0 Å². The fourth-order valence-electron chi connectivity index (χ4n) is 1.71. The summed E-state index contributed by atoms with van der Waals surface area (Å²) in [6.07, 6.45) is 1.55. The highest BCUT2D eigenvalue weighted by Gasteiger charge is 2.43. The van der Waals surface area contributed by atoms with Gasteiger partial charge >= 0.3 is 0 Å². The number of carbonyl (C=O) groups is 2. The minimum absolute atomic E-state index is 0.0685. The van der Waals surface area contributed by atoms with Crippen molar-refractivity contribution in [1.82, 2.24) is 10.6 Å². The van der Waals surface area contributed by atoms with Crippen LogP contribution in [0.2, 0.25) is 5.02 Å². The minimum Gasteiger partial charge on any atom is -0.394 e. The molecule has 0 aromatic heterocycles. The maximum absolute atomic E-state index is 11.8. The van der Waals surface area contributed by atoms with Crippen molar-refractivity contribution in [2.75, 3.05) is 13.2 Å². The standard InChI is InChI=1S/C13H15ClN2O3/c14-10-3-1-2-9(6-10)12(19)15-7-11(18)16-13(8-17)4-5-13/h1-3,6,17H,4-5,7-8H2,(H,15,19)(H,16,18). The fourth-order valence-corrected chi connectivity index (χ4v) is 1.90. The van der Waals surface area contributed by atoms with Gasteiger partial charge in [-0.25, -0.2) is 0 Å². The lowest BCUT2D eigenvalue weighted by molar-refractivity contribution is -0.121. The highest BCUT2D eigenvalue weighted by molar-refractivity contribution is 6.30. The Morgan fingerprint density at radius 1 is 1.37 bits per heavy atom. The number of hydrogen-bond acceptors (Lipinski definition) is 3. The van der Waals surface area contributed by atoms with Crippen LogP contribution in [0.3, 0.4) is 0 Å². The van der Waals surface area contributed by atoms with Crippen molar-refractivity contribution in [3.8, 4) is 0 Å². The normalized spacial score (nSPS) is 15.7. The molecular formula is C13H15ClN2O3. The lowest BCUT2D eigenvalue weighted by atomic mass is 10.2. The Balaban J connectivity index is 1.82. The summed E-state index contributed by atoms with van der Waals surface area (Å²) in [5, 5.41) is 14.8. The summed E-state index contributed by atoms with van der Waals surface area (Å²) in [5.41, 5.74) is -0.0543. The molecule has 19 heavy (non-hydrogen) atoms. The molecule has 2 amide bonds. The van der Waals surface area contributed by atoms with Crippen molar-refractivity contribution in [3.63, 3.8) is 0 Å². The van der Waals surface area contributed by atoms with E-state index in [-0.39, 0.29) is 25.0 Å². The SMILES string of the molecule is O=C(CNC(=O)c1cccc(Cl)c1)NC1(CO)CC1. The predicted octanol–water partition coefficient (Wildman–Crippen LogP) is 0.711. The van der Waals surface area contributed by atoms with Crippen molar-refractivity contribution in [1.29, 1.82) is 0 Å². The molecule has 1 aliphatic rings. The number of nitrogens with one attached hydrogen (secondary N) is 2. The molecule has 1 aliphatic carbocycles. The Morgan fingerprint density at radius 2 is 2.11 bits per heavy atom. The molecule has 0 bridgehead atoms. The Morgan fingerprint density at radius 3 is 2.68 bits per heavy atom. The highest BCUT2D eigenvalue weighted by Crippen LogP contribution is 2.34. The maximum atomic E-state index is 11.8. The summed E-state index contributed by atoms with van der Waals surface area (Å²) < 4.78 is 0. The van der Waals surface area contributed by atoms with E-state index in [0.717, 1.165) is 12.8 Å². The van der Waals surface area contributed by atoms with Gasteiger partial charge in [0.2, 0.25) is 5.91 Å². The van der Waals surface area contributed by atoms with Crippen LogP contribution in [0.5, 0.6) is 0 Å². The molecule has 3 N–H and O–H groups in total. The minimum atomic E-state index is -0.460. The molecule has 0 radical (unpaired) electrons. The summed E-state index contributed by atoms with van der Waals surface area (Å²) in [6.45, 7) is -0.186. The number of benzene rings is 1. The Hall–Kier alpha value is -1.59. The number of hydrogen-bond donors (Lipinski definition) is 3. The molecule has 0 saturated heterocycles. The summed E-state index contributed by atoms with van der Waals surface area (Å²) >= 11 is 5.78. The molecule has 5 nitrogen and oxygen atoms in total. The molecule has 2 rings (SSSR count). The predicted molar refractivity (Wildman–Crippen MR) is 71.0 cm³/mol. The lowest BCUT2D eigenvalue weighted by Crippen LogP contribution is -2.45. The molecule has 102 valence electrons. The molecule has 0 aliphatic heterocycles. The second kappa shape index (κ2) is 5.59. The van der Waals surface area contributed by atoms with E-state index in [0.29, 0.717) is 10.6 Å². The molecule has 0 unspecified atom stereocenters. The number of aliphatic hydroxyl groups is 1. The van der Waals surface area contributed by atoms with Gasteiger partial charge in [0.15, 0.2) is 0 Å². The van der Waals surface area contributed by atoms with Gasteiger partial charge in [-0.15, -0.1) is 0 Å². The van der Waals surface area contributed by atoms with Crippen LogP contribution in [-0.2, 0) is 4.79 Å². The van der Waals surface area contributed by atoms with E-state index >= 15 is 0 Å². The lowest BCUT2D eigenvalue weighted by Gasteiger charge is -2.14. The van der Waals surface area contributed by atoms with E-state index in [1.54, 1.807) is 18.2 Å². The molecule has 6 heteroatoms. The van der Waals surface area contributed by atoms with E-state index in [2.05, 4.69) is 10.6 Å². The molecule has 1 saturated carbocycles. The van der Waals surface area contributed by atoms with E-state index in [1.807, 2.05) is 0 Å². The quantitative estimate of drug-likeness (QED) is 0.744. The van der Waals surface area contributed by atoms with Crippen LogP contribution in [-0.4, -0.2) is 35.6 Å². The van der Waals surface area contributed by atoms with Crippen LogP contribution < -0.4 is 10.6 Å².